The van der Waals surface area contributed by atoms with Gasteiger partial charge in [-0.15, -0.1) is 0 Å². The number of hydrogen-bond donors (Lipinski definition) is 0. The Balaban J connectivity index is 1.30. The summed E-state index contributed by atoms with van der Waals surface area (Å²) in [6, 6.07) is 17.0. The molecule has 0 aliphatic carbocycles. The van der Waals surface area contributed by atoms with E-state index < -0.39 is 0 Å². The lowest BCUT2D eigenvalue weighted by atomic mass is 9.94. The van der Waals surface area contributed by atoms with Gasteiger partial charge in [0.1, 0.15) is 11.9 Å². The van der Waals surface area contributed by atoms with Crippen LogP contribution in [0.5, 0.6) is 5.75 Å². The van der Waals surface area contributed by atoms with Gasteiger partial charge in [-0.25, -0.2) is 0 Å². The van der Waals surface area contributed by atoms with Crippen molar-refractivity contribution in [3.63, 3.8) is 0 Å². The average molecular weight is 364 g/mol. The van der Waals surface area contributed by atoms with Crippen LogP contribution in [0, 0.1) is 13.8 Å². The molecule has 142 valence electrons. The number of amides is 1. The second kappa shape index (κ2) is 7.73. The van der Waals surface area contributed by atoms with Crippen LogP contribution >= 0.6 is 0 Å². The summed E-state index contributed by atoms with van der Waals surface area (Å²) < 4.78 is 6.26. The Kier molecular flexibility index (Phi) is 5.17. The zero-order valence-electron chi connectivity index (χ0n) is 16.2. The van der Waals surface area contributed by atoms with Crippen LogP contribution in [0.15, 0.2) is 48.5 Å². The van der Waals surface area contributed by atoms with Crippen molar-refractivity contribution in [2.75, 3.05) is 19.8 Å². The van der Waals surface area contributed by atoms with Crippen molar-refractivity contribution >= 4 is 5.91 Å². The van der Waals surface area contributed by atoms with E-state index in [4.69, 9.17) is 4.74 Å². The van der Waals surface area contributed by atoms with Gasteiger partial charge in [-0.1, -0.05) is 42.5 Å². The fraction of sp³-hybridized carbons (Fsp3) is 0.435. The first kappa shape index (κ1) is 18.1. The number of carbonyl (C=O) groups is 1. The molecule has 1 amide bonds. The predicted octanol–water partition coefficient (Wildman–Crippen LogP) is 4.08. The van der Waals surface area contributed by atoms with Crippen LogP contribution < -0.4 is 4.74 Å². The van der Waals surface area contributed by atoms with Gasteiger partial charge in [0, 0.05) is 13.1 Å². The molecule has 4 heteroatoms. The number of aryl methyl sites for hydroxylation is 2. The predicted molar refractivity (Wildman–Crippen MR) is 107 cm³/mol. The number of rotatable bonds is 5. The molecule has 1 atom stereocenters. The van der Waals surface area contributed by atoms with Crippen molar-refractivity contribution in [2.24, 2.45) is 0 Å². The standard InChI is InChI=1S/C23H28N2O2/c1-17-8-9-18(2)22(14-17)27-20-10-12-24(13-11-20)16-25-21(15-23(25)26)19-6-4-3-5-7-19/h3-9,14,20-21H,10-13,15-16H2,1-2H3. The SMILES string of the molecule is Cc1ccc(C)c(OC2CCN(CN3C(=O)CC3c3ccccc3)CC2)c1. The second-order valence-corrected chi connectivity index (χ2v) is 7.84. The van der Waals surface area contributed by atoms with Gasteiger partial charge in [-0.05, 0) is 49.4 Å². The third-order valence-corrected chi connectivity index (χ3v) is 5.77. The van der Waals surface area contributed by atoms with Crippen LogP contribution in [0.2, 0.25) is 0 Å². The second-order valence-electron chi connectivity index (χ2n) is 7.84. The Morgan fingerprint density at radius 1 is 1.04 bits per heavy atom. The molecule has 4 rings (SSSR count). The molecule has 2 aliphatic heterocycles. The summed E-state index contributed by atoms with van der Waals surface area (Å²) in [5.74, 6) is 1.27. The molecule has 2 aromatic carbocycles. The van der Waals surface area contributed by atoms with Crippen molar-refractivity contribution in [3.8, 4) is 5.75 Å². The van der Waals surface area contributed by atoms with Crippen LogP contribution in [-0.4, -0.2) is 41.6 Å². The minimum Gasteiger partial charge on any atom is -0.490 e. The topological polar surface area (TPSA) is 32.8 Å². The Labute approximate surface area is 161 Å². The van der Waals surface area contributed by atoms with Crippen LogP contribution in [-0.2, 0) is 4.79 Å². The molecule has 27 heavy (non-hydrogen) atoms. The summed E-state index contributed by atoms with van der Waals surface area (Å²) in [6.45, 7) is 6.88. The van der Waals surface area contributed by atoms with Gasteiger partial charge < -0.3 is 9.64 Å². The van der Waals surface area contributed by atoms with Crippen LogP contribution in [0.1, 0.15) is 42.0 Å². The van der Waals surface area contributed by atoms with E-state index in [0.717, 1.165) is 38.3 Å². The zero-order valence-corrected chi connectivity index (χ0v) is 16.2. The fourth-order valence-corrected chi connectivity index (χ4v) is 4.00. The minimum atomic E-state index is 0.239. The van der Waals surface area contributed by atoms with E-state index in [9.17, 15) is 4.79 Å². The van der Waals surface area contributed by atoms with Crippen LogP contribution in [0.4, 0.5) is 0 Å². The fourth-order valence-electron chi connectivity index (χ4n) is 4.00. The van der Waals surface area contributed by atoms with Crippen LogP contribution in [0.25, 0.3) is 0 Å². The largest absolute Gasteiger partial charge is 0.490 e. The Hall–Kier alpha value is -2.33. The smallest absolute Gasteiger partial charge is 0.226 e. The molecular formula is C23H28N2O2. The van der Waals surface area contributed by atoms with Gasteiger partial charge in [0.25, 0.3) is 0 Å². The normalized spacial score (nSPS) is 21.2. The summed E-state index contributed by atoms with van der Waals surface area (Å²) in [4.78, 5) is 16.5. The average Bonchev–Trinajstić information content (AvgIpc) is 2.69. The first-order valence-electron chi connectivity index (χ1n) is 9.91. The molecule has 2 saturated heterocycles. The third kappa shape index (κ3) is 4.01. The molecule has 1 unspecified atom stereocenters. The van der Waals surface area contributed by atoms with Gasteiger partial charge >= 0.3 is 0 Å². The number of likely N-dealkylation sites (tertiary alicyclic amines) is 2. The molecule has 2 fully saturated rings. The van der Waals surface area contributed by atoms with Crippen molar-refractivity contribution in [3.05, 3.63) is 65.2 Å². The number of β-lactam (4-membered cyclic amide) rings is 1. The number of carbonyl (C=O) groups excluding carboxylic acids is 1. The maximum atomic E-state index is 12.1. The summed E-state index contributed by atoms with van der Waals surface area (Å²) in [5.41, 5.74) is 3.67. The Bertz CT molecular complexity index is 797. The third-order valence-electron chi connectivity index (χ3n) is 5.77. The number of piperidine rings is 1. The summed E-state index contributed by atoms with van der Waals surface area (Å²) in [7, 11) is 0. The summed E-state index contributed by atoms with van der Waals surface area (Å²) in [6.07, 6.45) is 2.91. The number of nitrogens with zero attached hydrogens (tertiary/aromatic N) is 2. The van der Waals surface area contributed by atoms with Crippen LogP contribution in [0.3, 0.4) is 0 Å². The molecule has 0 spiro atoms. The quantitative estimate of drug-likeness (QED) is 0.750. The first-order valence-corrected chi connectivity index (χ1v) is 9.91. The highest BCUT2D eigenvalue weighted by Crippen LogP contribution is 2.34. The first-order chi connectivity index (χ1) is 13.1. The van der Waals surface area contributed by atoms with Crippen molar-refractivity contribution in [1.29, 1.82) is 0 Å². The van der Waals surface area contributed by atoms with E-state index in [1.54, 1.807) is 0 Å². The van der Waals surface area contributed by atoms with Gasteiger partial charge in [-0.3, -0.25) is 9.69 Å². The number of ether oxygens (including phenoxy) is 1. The Morgan fingerprint density at radius 3 is 2.48 bits per heavy atom. The van der Waals surface area contributed by atoms with Gasteiger partial charge in [-0.2, -0.15) is 0 Å². The molecule has 2 heterocycles. The number of hydrogen-bond acceptors (Lipinski definition) is 3. The monoisotopic (exact) mass is 364 g/mol. The van der Waals surface area contributed by atoms with Crippen molar-refractivity contribution < 1.29 is 9.53 Å². The molecule has 0 aromatic heterocycles. The highest BCUT2D eigenvalue weighted by molar-refractivity contribution is 5.83. The molecule has 4 nitrogen and oxygen atoms in total. The molecule has 0 bridgehead atoms. The van der Waals surface area contributed by atoms with E-state index in [1.165, 1.54) is 16.7 Å². The van der Waals surface area contributed by atoms with Gasteiger partial charge in [0.15, 0.2) is 0 Å². The highest BCUT2D eigenvalue weighted by atomic mass is 16.5. The number of benzene rings is 2. The Morgan fingerprint density at radius 2 is 1.78 bits per heavy atom. The van der Waals surface area contributed by atoms with Gasteiger partial charge in [0.05, 0.1) is 19.1 Å². The van der Waals surface area contributed by atoms with E-state index in [0.29, 0.717) is 6.42 Å². The van der Waals surface area contributed by atoms with Crippen molar-refractivity contribution in [2.45, 2.75) is 45.3 Å². The maximum Gasteiger partial charge on any atom is 0.226 e. The summed E-state index contributed by atoms with van der Waals surface area (Å²) in [5, 5.41) is 0. The molecular weight excluding hydrogens is 336 g/mol. The lowest BCUT2D eigenvalue weighted by Crippen LogP contribution is -2.53. The lowest BCUT2D eigenvalue weighted by molar-refractivity contribution is -0.150. The molecule has 2 aromatic rings. The molecule has 0 saturated carbocycles. The summed E-state index contributed by atoms with van der Waals surface area (Å²) >= 11 is 0. The van der Waals surface area contributed by atoms with E-state index in [1.807, 2.05) is 23.1 Å². The molecule has 2 aliphatic rings. The highest BCUT2D eigenvalue weighted by Gasteiger charge is 2.38. The zero-order chi connectivity index (χ0) is 18.8. The van der Waals surface area contributed by atoms with E-state index in [-0.39, 0.29) is 18.1 Å². The van der Waals surface area contributed by atoms with Crippen molar-refractivity contribution in [1.82, 2.24) is 9.80 Å². The van der Waals surface area contributed by atoms with E-state index in [2.05, 4.69) is 49.1 Å². The maximum absolute atomic E-state index is 12.1. The van der Waals surface area contributed by atoms with E-state index >= 15 is 0 Å². The lowest BCUT2D eigenvalue weighted by Gasteiger charge is -2.45. The molecule has 0 radical (unpaired) electrons. The minimum absolute atomic E-state index is 0.239. The van der Waals surface area contributed by atoms with Gasteiger partial charge in [0.2, 0.25) is 5.91 Å². The molecule has 0 N–H and O–H groups in total.